The summed E-state index contributed by atoms with van der Waals surface area (Å²) in [6.07, 6.45) is 1.24. The molecule has 1 aliphatic heterocycles. The Hall–Kier alpha value is -3.38. The van der Waals surface area contributed by atoms with Crippen molar-refractivity contribution < 1.29 is 9.21 Å². The summed E-state index contributed by atoms with van der Waals surface area (Å²) in [5.74, 6) is 1.16. The fraction of sp³-hybridized carbons (Fsp3) is 0.200. The van der Waals surface area contributed by atoms with Crippen molar-refractivity contribution in [3.05, 3.63) is 88.6 Å². The summed E-state index contributed by atoms with van der Waals surface area (Å²) >= 11 is 1.57. The minimum atomic E-state index is -0.0941. The number of nitrogens with one attached hydrogen (secondary N) is 1. The molecule has 0 unspecified atom stereocenters. The second-order valence-electron chi connectivity index (χ2n) is 7.68. The summed E-state index contributed by atoms with van der Waals surface area (Å²) in [5.41, 5.74) is 5.28. The van der Waals surface area contributed by atoms with Crippen molar-refractivity contribution in [2.45, 2.75) is 26.3 Å². The van der Waals surface area contributed by atoms with Crippen molar-refractivity contribution in [3.8, 4) is 10.8 Å². The molecular formula is C25H23N3O2S. The molecule has 1 N–H and O–H groups in total. The number of rotatable bonds is 6. The van der Waals surface area contributed by atoms with E-state index in [0.717, 1.165) is 35.6 Å². The van der Waals surface area contributed by atoms with Crippen molar-refractivity contribution in [2.24, 2.45) is 0 Å². The lowest BCUT2D eigenvalue weighted by Gasteiger charge is -2.21. The van der Waals surface area contributed by atoms with Crippen molar-refractivity contribution in [1.82, 2.24) is 4.98 Å². The zero-order valence-corrected chi connectivity index (χ0v) is 18.1. The number of hydrogen-bond donors (Lipinski definition) is 1. The average molecular weight is 430 g/mol. The van der Waals surface area contributed by atoms with Gasteiger partial charge in [-0.05, 0) is 48.1 Å². The molecule has 156 valence electrons. The molecule has 0 aliphatic carbocycles. The highest BCUT2D eigenvalue weighted by molar-refractivity contribution is 7.13. The Balaban J connectivity index is 1.30. The minimum absolute atomic E-state index is 0.0941. The van der Waals surface area contributed by atoms with Crippen LogP contribution >= 0.6 is 11.3 Å². The first kappa shape index (κ1) is 19.6. The number of thiophene rings is 1. The van der Waals surface area contributed by atoms with E-state index in [0.29, 0.717) is 17.3 Å². The molecule has 0 bridgehead atoms. The zero-order valence-electron chi connectivity index (χ0n) is 17.3. The van der Waals surface area contributed by atoms with Crippen LogP contribution in [0.1, 0.15) is 22.6 Å². The molecule has 31 heavy (non-hydrogen) atoms. The van der Waals surface area contributed by atoms with Gasteiger partial charge in [0.2, 0.25) is 11.8 Å². The van der Waals surface area contributed by atoms with E-state index in [1.165, 1.54) is 11.3 Å². The van der Waals surface area contributed by atoms with Crippen molar-refractivity contribution in [2.75, 3.05) is 16.8 Å². The van der Waals surface area contributed by atoms with Gasteiger partial charge < -0.3 is 14.6 Å². The third-order valence-corrected chi connectivity index (χ3v) is 6.45. The van der Waals surface area contributed by atoms with Crippen LogP contribution in [0.25, 0.3) is 10.8 Å². The number of aryl methyl sites for hydroxylation is 1. The van der Waals surface area contributed by atoms with Crippen LogP contribution in [0.4, 0.5) is 11.4 Å². The van der Waals surface area contributed by atoms with Crippen LogP contribution in [0.2, 0.25) is 0 Å². The Bertz CT molecular complexity index is 1210. The summed E-state index contributed by atoms with van der Waals surface area (Å²) in [4.78, 5) is 20.7. The Morgan fingerprint density at radius 1 is 1.13 bits per heavy atom. The number of anilines is 2. The Kier molecular flexibility index (Phi) is 5.30. The maximum atomic E-state index is 12.8. The largest absolute Gasteiger partial charge is 0.440 e. The molecule has 0 saturated heterocycles. The maximum Gasteiger partial charge on any atom is 0.236 e. The molecule has 6 heteroatoms. The van der Waals surface area contributed by atoms with E-state index >= 15 is 0 Å². The molecule has 3 heterocycles. The predicted octanol–water partition coefficient (Wildman–Crippen LogP) is 5.46. The topological polar surface area (TPSA) is 58.4 Å². The lowest BCUT2D eigenvalue weighted by molar-refractivity contribution is -0.115. The molecule has 5 nitrogen and oxygen atoms in total. The highest BCUT2D eigenvalue weighted by Gasteiger charge is 2.20. The Morgan fingerprint density at radius 2 is 1.97 bits per heavy atom. The number of nitrogens with zero attached hydrogens (tertiary/aromatic N) is 2. The van der Waals surface area contributed by atoms with Crippen LogP contribution < -0.4 is 10.2 Å². The number of oxazole rings is 1. The first-order valence-electron chi connectivity index (χ1n) is 10.4. The van der Waals surface area contributed by atoms with Gasteiger partial charge >= 0.3 is 0 Å². The first-order chi connectivity index (χ1) is 15.2. The van der Waals surface area contributed by atoms with Crippen LogP contribution in [0.15, 0.2) is 70.5 Å². The molecule has 2 aromatic carbocycles. The van der Waals surface area contributed by atoms with E-state index in [9.17, 15) is 4.79 Å². The van der Waals surface area contributed by atoms with Gasteiger partial charge in [-0.1, -0.05) is 42.5 Å². The molecular weight excluding hydrogens is 406 g/mol. The van der Waals surface area contributed by atoms with E-state index in [1.54, 1.807) is 11.3 Å². The summed E-state index contributed by atoms with van der Waals surface area (Å²) in [7, 11) is 0. The van der Waals surface area contributed by atoms with Gasteiger partial charge in [0.15, 0.2) is 0 Å². The van der Waals surface area contributed by atoms with Crippen LogP contribution in [0.3, 0.4) is 0 Å². The van der Waals surface area contributed by atoms with Gasteiger partial charge in [-0.3, -0.25) is 4.79 Å². The van der Waals surface area contributed by atoms with Crippen LogP contribution in [-0.2, 0) is 24.2 Å². The monoisotopic (exact) mass is 429 g/mol. The molecule has 1 amide bonds. The molecule has 1 aliphatic rings. The number of para-hydroxylation sites is 2. The Labute approximate surface area is 185 Å². The average Bonchev–Trinajstić information content (AvgIpc) is 3.51. The zero-order chi connectivity index (χ0) is 21.2. The van der Waals surface area contributed by atoms with Crippen molar-refractivity contribution >= 4 is 28.6 Å². The Morgan fingerprint density at radius 3 is 2.84 bits per heavy atom. The second kappa shape index (κ2) is 8.40. The standard InChI is InChI=1S/C25H23N3O2S/c1-17-21(27-25(30-17)23-11-6-14-31-23)15-24(29)26-20-9-4-2-8-19(20)16-28-13-12-18-7-3-5-10-22(18)28/h2-11,14H,12-13,15-16H2,1H3,(H,26,29). The molecule has 5 rings (SSSR count). The van der Waals surface area contributed by atoms with Crippen LogP contribution in [-0.4, -0.2) is 17.4 Å². The fourth-order valence-corrected chi connectivity index (χ4v) is 4.65. The number of aromatic nitrogens is 1. The summed E-state index contributed by atoms with van der Waals surface area (Å²) in [6, 6.07) is 20.5. The highest BCUT2D eigenvalue weighted by Crippen LogP contribution is 2.30. The smallest absolute Gasteiger partial charge is 0.236 e. The number of benzene rings is 2. The fourth-order valence-electron chi connectivity index (χ4n) is 4.00. The van der Waals surface area contributed by atoms with Gasteiger partial charge in [0.05, 0.1) is 17.0 Å². The first-order valence-corrected chi connectivity index (χ1v) is 11.3. The number of fused-ring (bicyclic) bond motifs is 1. The van der Waals surface area contributed by atoms with E-state index in [-0.39, 0.29) is 12.3 Å². The van der Waals surface area contributed by atoms with E-state index in [4.69, 9.17) is 4.42 Å². The number of amides is 1. The molecule has 0 atom stereocenters. The van der Waals surface area contributed by atoms with Crippen LogP contribution in [0, 0.1) is 6.92 Å². The number of carbonyl (C=O) groups excluding carboxylic acids is 1. The van der Waals surface area contributed by atoms with E-state index in [2.05, 4.69) is 45.5 Å². The molecule has 2 aromatic heterocycles. The normalized spacial score (nSPS) is 12.7. The molecule has 4 aromatic rings. The van der Waals surface area contributed by atoms with Gasteiger partial charge in [0.1, 0.15) is 5.76 Å². The third kappa shape index (κ3) is 4.11. The SMILES string of the molecule is Cc1oc(-c2cccs2)nc1CC(=O)Nc1ccccc1CN1CCc2ccccc21. The maximum absolute atomic E-state index is 12.8. The van der Waals surface area contributed by atoms with Gasteiger partial charge in [-0.25, -0.2) is 4.98 Å². The third-order valence-electron chi connectivity index (χ3n) is 5.59. The predicted molar refractivity (Wildman–Crippen MR) is 125 cm³/mol. The summed E-state index contributed by atoms with van der Waals surface area (Å²) in [5, 5.41) is 5.07. The van der Waals surface area contributed by atoms with Crippen LogP contribution in [0.5, 0.6) is 0 Å². The van der Waals surface area contributed by atoms with Crippen molar-refractivity contribution in [3.63, 3.8) is 0 Å². The second-order valence-corrected chi connectivity index (χ2v) is 8.63. The molecule has 0 fully saturated rings. The van der Waals surface area contributed by atoms with Gasteiger partial charge in [0.25, 0.3) is 0 Å². The number of hydrogen-bond acceptors (Lipinski definition) is 5. The van der Waals surface area contributed by atoms with Crippen molar-refractivity contribution in [1.29, 1.82) is 0 Å². The quantitative estimate of drug-likeness (QED) is 0.442. The lowest BCUT2D eigenvalue weighted by Crippen LogP contribution is -2.22. The lowest BCUT2D eigenvalue weighted by atomic mass is 10.1. The van der Waals surface area contributed by atoms with Gasteiger partial charge in [0, 0.05) is 24.5 Å². The minimum Gasteiger partial charge on any atom is -0.440 e. The molecule has 0 radical (unpaired) electrons. The summed E-state index contributed by atoms with van der Waals surface area (Å²) < 4.78 is 5.77. The molecule has 0 spiro atoms. The van der Waals surface area contributed by atoms with E-state index < -0.39 is 0 Å². The van der Waals surface area contributed by atoms with E-state index in [1.807, 2.05) is 42.6 Å². The van der Waals surface area contributed by atoms with Gasteiger partial charge in [-0.15, -0.1) is 11.3 Å². The molecule has 0 saturated carbocycles. The highest BCUT2D eigenvalue weighted by atomic mass is 32.1. The van der Waals surface area contributed by atoms with Gasteiger partial charge in [-0.2, -0.15) is 0 Å². The summed E-state index contributed by atoms with van der Waals surface area (Å²) in [6.45, 7) is 3.61. The number of carbonyl (C=O) groups is 1.